The highest BCUT2D eigenvalue weighted by Crippen LogP contribution is 2.41. The lowest BCUT2D eigenvalue weighted by atomic mass is 10.0. The summed E-state index contributed by atoms with van der Waals surface area (Å²) in [6.45, 7) is 6.01. The first-order valence-electron chi connectivity index (χ1n) is 10.7. The molecule has 2 atom stereocenters. The molecule has 0 radical (unpaired) electrons. The van der Waals surface area contributed by atoms with E-state index in [-0.39, 0.29) is 11.9 Å². The number of nitrogens with zero attached hydrogens (tertiary/aromatic N) is 1. The van der Waals surface area contributed by atoms with E-state index in [9.17, 15) is 4.79 Å². The van der Waals surface area contributed by atoms with Crippen LogP contribution in [0.5, 0.6) is 11.5 Å². The molecular weight excluding hydrogens is 372 g/mol. The zero-order valence-corrected chi connectivity index (χ0v) is 17.4. The van der Waals surface area contributed by atoms with Gasteiger partial charge in [-0.1, -0.05) is 0 Å². The fourth-order valence-corrected chi connectivity index (χ4v) is 4.12. The van der Waals surface area contributed by atoms with Crippen LogP contribution in [0.15, 0.2) is 12.1 Å². The molecule has 2 heterocycles. The van der Waals surface area contributed by atoms with Gasteiger partial charge < -0.3 is 29.2 Å². The van der Waals surface area contributed by atoms with Gasteiger partial charge in [-0.05, 0) is 37.5 Å². The molecule has 0 unspecified atom stereocenters. The predicted molar refractivity (Wildman–Crippen MR) is 109 cm³/mol. The number of hydrogen-bond acceptors (Lipinski definition) is 6. The van der Waals surface area contributed by atoms with Crippen LogP contribution in [0.2, 0.25) is 0 Å². The van der Waals surface area contributed by atoms with E-state index in [4.69, 9.17) is 18.9 Å². The number of morpholine rings is 1. The van der Waals surface area contributed by atoms with Gasteiger partial charge in [-0.25, -0.2) is 0 Å². The van der Waals surface area contributed by atoms with Gasteiger partial charge in [0, 0.05) is 51.3 Å². The molecule has 1 amide bonds. The largest absolute Gasteiger partial charge is 0.493 e. The van der Waals surface area contributed by atoms with Crippen molar-refractivity contribution in [2.45, 2.75) is 50.8 Å². The van der Waals surface area contributed by atoms with E-state index in [1.54, 1.807) is 7.11 Å². The third kappa shape index (κ3) is 4.68. The Morgan fingerprint density at radius 2 is 2.17 bits per heavy atom. The van der Waals surface area contributed by atoms with Crippen LogP contribution in [-0.2, 0) is 20.7 Å². The van der Waals surface area contributed by atoms with Gasteiger partial charge in [0.2, 0.25) is 0 Å². The van der Waals surface area contributed by atoms with E-state index in [1.165, 1.54) is 0 Å². The predicted octanol–water partition coefficient (Wildman–Crippen LogP) is 2.08. The van der Waals surface area contributed by atoms with Crippen LogP contribution in [0.1, 0.15) is 43.4 Å². The molecule has 0 aromatic heterocycles. The summed E-state index contributed by atoms with van der Waals surface area (Å²) in [6.07, 6.45) is 3.40. The number of nitrogens with one attached hydrogen (secondary N) is 1. The lowest BCUT2D eigenvalue weighted by Gasteiger charge is -2.34. The molecular formula is C22H32N2O5. The summed E-state index contributed by atoms with van der Waals surface area (Å²) in [4.78, 5) is 15.3. The molecule has 2 aliphatic heterocycles. The molecule has 1 aromatic rings. The van der Waals surface area contributed by atoms with E-state index < -0.39 is 6.10 Å². The quantitative estimate of drug-likeness (QED) is 0.636. The summed E-state index contributed by atoms with van der Waals surface area (Å²) >= 11 is 0. The van der Waals surface area contributed by atoms with E-state index in [0.29, 0.717) is 39.0 Å². The summed E-state index contributed by atoms with van der Waals surface area (Å²) < 4.78 is 22.8. The highest BCUT2D eigenvalue weighted by molar-refractivity contribution is 5.82. The van der Waals surface area contributed by atoms with Gasteiger partial charge in [-0.3, -0.25) is 4.79 Å². The Hall–Kier alpha value is -1.83. The van der Waals surface area contributed by atoms with Crippen molar-refractivity contribution in [2.24, 2.45) is 0 Å². The average Bonchev–Trinajstić information content (AvgIpc) is 3.46. The van der Waals surface area contributed by atoms with Crippen LogP contribution < -0.4 is 14.8 Å². The first-order chi connectivity index (χ1) is 14.2. The maximum atomic E-state index is 13.2. The molecule has 160 valence electrons. The van der Waals surface area contributed by atoms with Gasteiger partial charge in [-0.15, -0.1) is 0 Å². The molecule has 1 aromatic carbocycles. The number of hydrogen-bond donors (Lipinski definition) is 1. The monoisotopic (exact) mass is 404 g/mol. The Morgan fingerprint density at radius 1 is 1.31 bits per heavy atom. The van der Waals surface area contributed by atoms with E-state index >= 15 is 0 Å². The summed E-state index contributed by atoms with van der Waals surface area (Å²) in [5, 5.41) is 3.26. The summed E-state index contributed by atoms with van der Waals surface area (Å²) in [7, 11) is 1.70. The first kappa shape index (κ1) is 20.4. The van der Waals surface area contributed by atoms with E-state index in [2.05, 4.69) is 24.4 Å². The van der Waals surface area contributed by atoms with E-state index in [1.807, 2.05) is 4.90 Å². The van der Waals surface area contributed by atoms with Crippen LogP contribution in [0.3, 0.4) is 0 Å². The summed E-state index contributed by atoms with van der Waals surface area (Å²) in [5.74, 6) is 1.84. The molecule has 0 spiro atoms. The number of amides is 1. The van der Waals surface area contributed by atoms with Gasteiger partial charge >= 0.3 is 0 Å². The molecule has 1 saturated carbocycles. The molecule has 1 saturated heterocycles. The molecule has 7 nitrogen and oxygen atoms in total. The normalized spacial score (nSPS) is 21.9. The molecule has 1 aliphatic carbocycles. The minimum atomic E-state index is -0.401. The summed E-state index contributed by atoms with van der Waals surface area (Å²) in [6, 6.07) is 4.41. The van der Waals surface area contributed by atoms with Gasteiger partial charge in [0.05, 0.1) is 25.9 Å². The van der Waals surface area contributed by atoms with Crippen molar-refractivity contribution in [3.63, 3.8) is 0 Å². The standard InChI is InChI=1S/C22H32N2O5/c1-15(24(17-4-5-17)22(25)21-14-23-7-11-29-21)16-12-19(27-9-3-8-26-2)18-6-10-28-20(18)13-16/h12-13,15,17,21,23H,3-11,14H2,1-2H3/t15-,21-/m1/s1. The number of fused-ring (bicyclic) bond motifs is 1. The fourth-order valence-electron chi connectivity index (χ4n) is 4.12. The van der Waals surface area contributed by atoms with Crippen molar-refractivity contribution in [3.8, 4) is 11.5 Å². The number of rotatable bonds is 9. The third-order valence-electron chi connectivity index (χ3n) is 5.85. The topological polar surface area (TPSA) is 69.3 Å². The third-order valence-corrected chi connectivity index (χ3v) is 5.85. The van der Waals surface area contributed by atoms with Crippen LogP contribution in [0.4, 0.5) is 0 Å². The average molecular weight is 405 g/mol. The van der Waals surface area contributed by atoms with Crippen LogP contribution in [0.25, 0.3) is 0 Å². The molecule has 3 aliphatic rings. The molecule has 2 fully saturated rings. The van der Waals surface area contributed by atoms with Crippen molar-refractivity contribution < 1.29 is 23.7 Å². The minimum absolute atomic E-state index is 0.0589. The van der Waals surface area contributed by atoms with Crippen molar-refractivity contribution in [1.82, 2.24) is 10.2 Å². The zero-order valence-electron chi connectivity index (χ0n) is 17.4. The SMILES string of the molecule is COCCCOc1cc([C@@H](C)N(C(=O)[C@H]2CNCCO2)C2CC2)cc2c1CCO2. The Bertz CT molecular complexity index is 715. The van der Waals surface area contributed by atoms with Crippen LogP contribution in [0, 0.1) is 0 Å². The van der Waals surface area contributed by atoms with Crippen molar-refractivity contribution >= 4 is 5.91 Å². The number of carbonyl (C=O) groups excluding carboxylic acids is 1. The lowest BCUT2D eigenvalue weighted by molar-refractivity contribution is -0.148. The van der Waals surface area contributed by atoms with E-state index in [0.717, 1.165) is 54.9 Å². The Balaban J connectivity index is 1.54. The maximum absolute atomic E-state index is 13.2. The Morgan fingerprint density at radius 3 is 2.90 bits per heavy atom. The van der Waals surface area contributed by atoms with Gasteiger partial charge in [0.1, 0.15) is 17.6 Å². The Kier molecular flexibility index (Phi) is 6.57. The number of ether oxygens (including phenoxy) is 4. The zero-order chi connectivity index (χ0) is 20.2. The first-order valence-corrected chi connectivity index (χ1v) is 10.7. The van der Waals surface area contributed by atoms with Gasteiger partial charge in [-0.2, -0.15) is 0 Å². The van der Waals surface area contributed by atoms with Gasteiger partial charge in [0.15, 0.2) is 0 Å². The van der Waals surface area contributed by atoms with Crippen molar-refractivity contribution in [1.29, 1.82) is 0 Å². The smallest absolute Gasteiger partial charge is 0.253 e. The highest BCUT2D eigenvalue weighted by Gasteiger charge is 2.40. The summed E-state index contributed by atoms with van der Waals surface area (Å²) in [5.41, 5.74) is 2.18. The van der Waals surface area contributed by atoms with Crippen LogP contribution >= 0.6 is 0 Å². The van der Waals surface area contributed by atoms with Crippen molar-refractivity contribution in [3.05, 3.63) is 23.3 Å². The second-order valence-corrected chi connectivity index (χ2v) is 8.01. The second kappa shape index (κ2) is 9.32. The molecule has 4 rings (SSSR count). The second-order valence-electron chi connectivity index (χ2n) is 8.01. The molecule has 29 heavy (non-hydrogen) atoms. The molecule has 1 N–H and O–H groups in total. The minimum Gasteiger partial charge on any atom is -0.493 e. The van der Waals surface area contributed by atoms with Gasteiger partial charge in [0.25, 0.3) is 5.91 Å². The van der Waals surface area contributed by atoms with Crippen molar-refractivity contribution in [2.75, 3.05) is 46.6 Å². The number of benzene rings is 1. The Labute approximate surface area is 172 Å². The number of carbonyl (C=O) groups is 1. The van der Waals surface area contributed by atoms with Crippen LogP contribution in [-0.4, -0.2) is 69.6 Å². The fraction of sp³-hybridized carbons (Fsp3) is 0.682. The number of methoxy groups -OCH3 is 1. The lowest BCUT2D eigenvalue weighted by Crippen LogP contribution is -2.50. The molecule has 7 heteroatoms. The highest BCUT2D eigenvalue weighted by atomic mass is 16.5. The maximum Gasteiger partial charge on any atom is 0.253 e. The molecule has 0 bridgehead atoms.